The number of benzene rings is 3. The average Bonchev–Trinajstić information content (AvgIpc) is 3.29. The number of nitrogens with zero attached hydrogens (tertiary/aromatic N) is 1. The highest BCUT2D eigenvalue weighted by molar-refractivity contribution is 6.06. The van der Waals surface area contributed by atoms with Gasteiger partial charge in [-0.05, 0) is 69.3 Å². The second-order valence-electron chi connectivity index (χ2n) is 9.61. The molecule has 1 unspecified atom stereocenters. The third-order valence-electron chi connectivity index (χ3n) is 5.85. The maximum absolute atomic E-state index is 13.3. The molecule has 3 aromatic rings. The van der Waals surface area contributed by atoms with Gasteiger partial charge in [0, 0.05) is 28.7 Å². The summed E-state index contributed by atoms with van der Waals surface area (Å²) in [4.78, 5) is 40.1. The fraction of sp³-hybridized carbons (Fsp3) is 0.296. The number of likely N-dealkylation sites (tertiary alicyclic amines) is 1. The van der Waals surface area contributed by atoms with Crippen molar-refractivity contribution in [2.24, 2.45) is 0 Å². The first-order chi connectivity index (χ1) is 16.1. The zero-order chi connectivity index (χ0) is 24.5. The summed E-state index contributed by atoms with van der Waals surface area (Å²) in [5.41, 5.74) is 0.886. The highest BCUT2D eigenvalue weighted by Crippen LogP contribution is 2.31. The monoisotopic (exact) mass is 459 g/mol. The van der Waals surface area contributed by atoms with Crippen LogP contribution in [0.15, 0.2) is 60.7 Å². The number of hydrogen-bond acceptors (Lipinski definition) is 4. The second-order valence-corrected chi connectivity index (χ2v) is 9.61. The fourth-order valence-electron chi connectivity index (χ4n) is 4.21. The Morgan fingerprint density at radius 2 is 1.68 bits per heavy atom. The minimum Gasteiger partial charge on any atom is -0.506 e. The number of hydrogen-bond donors (Lipinski definition) is 3. The van der Waals surface area contributed by atoms with Crippen molar-refractivity contribution in [3.8, 4) is 5.75 Å². The van der Waals surface area contributed by atoms with E-state index in [4.69, 9.17) is 0 Å². The molecule has 34 heavy (non-hydrogen) atoms. The van der Waals surface area contributed by atoms with Crippen molar-refractivity contribution in [1.82, 2.24) is 10.2 Å². The Hall–Kier alpha value is -3.87. The lowest BCUT2D eigenvalue weighted by atomic mass is 10.0. The number of carbonyl (C=O) groups is 3. The molecule has 3 amide bonds. The van der Waals surface area contributed by atoms with E-state index in [9.17, 15) is 19.5 Å². The summed E-state index contributed by atoms with van der Waals surface area (Å²) in [6.07, 6.45) is 1.24. The third kappa shape index (κ3) is 4.88. The van der Waals surface area contributed by atoms with E-state index in [0.29, 0.717) is 36.0 Å². The van der Waals surface area contributed by atoms with Crippen molar-refractivity contribution < 1.29 is 19.5 Å². The molecule has 0 bridgehead atoms. The quantitative estimate of drug-likeness (QED) is 0.541. The van der Waals surface area contributed by atoms with Crippen molar-refractivity contribution in [3.63, 3.8) is 0 Å². The van der Waals surface area contributed by atoms with Crippen molar-refractivity contribution in [3.05, 3.63) is 71.8 Å². The molecule has 1 aliphatic heterocycles. The smallest absolute Gasteiger partial charge is 0.258 e. The Morgan fingerprint density at radius 1 is 0.971 bits per heavy atom. The maximum atomic E-state index is 13.3. The number of phenolic OH excluding ortho intramolecular Hbond substituents is 1. The number of nitrogens with one attached hydrogen (secondary N) is 2. The van der Waals surface area contributed by atoms with Crippen LogP contribution in [0.2, 0.25) is 0 Å². The van der Waals surface area contributed by atoms with E-state index in [1.165, 1.54) is 4.90 Å². The van der Waals surface area contributed by atoms with E-state index in [2.05, 4.69) is 10.6 Å². The van der Waals surface area contributed by atoms with Crippen LogP contribution in [0.1, 0.15) is 54.3 Å². The molecular weight excluding hydrogens is 430 g/mol. The summed E-state index contributed by atoms with van der Waals surface area (Å²) < 4.78 is 0. The van der Waals surface area contributed by atoms with Crippen molar-refractivity contribution in [2.45, 2.75) is 45.2 Å². The molecule has 1 fully saturated rings. The third-order valence-corrected chi connectivity index (χ3v) is 5.85. The largest absolute Gasteiger partial charge is 0.506 e. The number of carbonyl (C=O) groups excluding carboxylic acids is 3. The molecule has 4 rings (SSSR count). The normalized spacial score (nSPS) is 15.9. The van der Waals surface area contributed by atoms with E-state index >= 15 is 0 Å². The second kappa shape index (κ2) is 9.17. The Kier molecular flexibility index (Phi) is 6.28. The summed E-state index contributed by atoms with van der Waals surface area (Å²) in [7, 11) is 0. The molecule has 3 aromatic carbocycles. The number of aromatic hydroxyl groups is 1. The van der Waals surface area contributed by atoms with E-state index in [-0.39, 0.29) is 34.6 Å². The van der Waals surface area contributed by atoms with E-state index in [1.807, 2.05) is 32.9 Å². The van der Waals surface area contributed by atoms with Gasteiger partial charge in [-0.1, -0.05) is 30.3 Å². The summed E-state index contributed by atoms with van der Waals surface area (Å²) >= 11 is 0. The van der Waals surface area contributed by atoms with Crippen molar-refractivity contribution in [1.29, 1.82) is 0 Å². The number of rotatable bonds is 4. The molecule has 0 aliphatic carbocycles. The molecule has 0 aromatic heterocycles. The molecule has 176 valence electrons. The van der Waals surface area contributed by atoms with Gasteiger partial charge in [0.05, 0.1) is 5.56 Å². The number of phenols is 1. The summed E-state index contributed by atoms with van der Waals surface area (Å²) in [5, 5.41) is 17.9. The lowest BCUT2D eigenvalue weighted by Crippen LogP contribution is -2.43. The Morgan fingerprint density at radius 3 is 2.38 bits per heavy atom. The molecule has 3 N–H and O–H groups in total. The van der Waals surface area contributed by atoms with E-state index in [1.54, 1.807) is 48.5 Å². The molecular formula is C27H29N3O4. The molecule has 1 atom stereocenters. The molecule has 1 aliphatic rings. The van der Waals surface area contributed by atoms with Gasteiger partial charge < -0.3 is 20.6 Å². The van der Waals surface area contributed by atoms with Crippen LogP contribution in [0.5, 0.6) is 5.75 Å². The van der Waals surface area contributed by atoms with E-state index in [0.717, 1.165) is 5.39 Å². The molecule has 0 saturated carbocycles. The van der Waals surface area contributed by atoms with Crippen LogP contribution in [0.4, 0.5) is 5.69 Å². The first kappa shape index (κ1) is 23.3. The highest BCUT2D eigenvalue weighted by Gasteiger charge is 2.35. The number of amides is 3. The molecule has 7 heteroatoms. The summed E-state index contributed by atoms with van der Waals surface area (Å²) in [6.45, 7) is 6.17. The van der Waals surface area contributed by atoms with Crippen LogP contribution in [0.3, 0.4) is 0 Å². The van der Waals surface area contributed by atoms with Crippen LogP contribution >= 0.6 is 0 Å². The highest BCUT2D eigenvalue weighted by atomic mass is 16.3. The average molecular weight is 460 g/mol. The zero-order valence-corrected chi connectivity index (χ0v) is 19.6. The number of anilines is 1. The van der Waals surface area contributed by atoms with Crippen LogP contribution in [-0.2, 0) is 4.79 Å². The Bertz CT molecular complexity index is 1240. The van der Waals surface area contributed by atoms with Gasteiger partial charge in [-0.15, -0.1) is 0 Å². The first-order valence-electron chi connectivity index (χ1n) is 11.4. The molecule has 0 spiro atoms. The van der Waals surface area contributed by atoms with Crippen LogP contribution < -0.4 is 10.6 Å². The maximum Gasteiger partial charge on any atom is 0.258 e. The first-order valence-corrected chi connectivity index (χ1v) is 11.4. The van der Waals surface area contributed by atoms with Crippen molar-refractivity contribution >= 4 is 34.2 Å². The summed E-state index contributed by atoms with van der Waals surface area (Å²) in [6, 6.07) is 16.7. The van der Waals surface area contributed by atoms with Crippen molar-refractivity contribution in [2.75, 3.05) is 11.9 Å². The standard InChI is InChI=1S/C27H29N3O4/c1-27(2,3)29-24(32)18-10-13-19(14-11-18)28-25(33)22-9-6-16-30(22)26(34)21-15-12-17-7-4-5-8-20(17)23(21)31/h4-5,7-8,10-15,22,31H,6,9,16H2,1-3H3,(H,28,33)(H,29,32). The molecule has 0 radical (unpaired) electrons. The summed E-state index contributed by atoms with van der Waals surface area (Å²) in [5.74, 6) is -0.917. The SMILES string of the molecule is CC(C)(C)NC(=O)c1ccc(NC(=O)C2CCCN2C(=O)c2ccc3ccccc3c2O)cc1. The zero-order valence-electron chi connectivity index (χ0n) is 19.6. The van der Waals surface area contributed by atoms with Gasteiger partial charge in [-0.25, -0.2) is 0 Å². The minimum absolute atomic E-state index is 0.0710. The van der Waals surface area contributed by atoms with Crippen LogP contribution in [0, 0.1) is 0 Å². The molecule has 1 saturated heterocycles. The lowest BCUT2D eigenvalue weighted by Gasteiger charge is -2.24. The molecule has 7 nitrogen and oxygen atoms in total. The van der Waals surface area contributed by atoms with E-state index < -0.39 is 6.04 Å². The van der Waals surface area contributed by atoms with Gasteiger partial charge in [-0.2, -0.15) is 0 Å². The van der Waals surface area contributed by atoms with Gasteiger partial charge in [0.15, 0.2) is 0 Å². The van der Waals surface area contributed by atoms with Gasteiger partial charge in [0.25, 0.3) is 11.8 Å². The van der Waals surface area contributed by atoms with Gasteiger partial charge in [0.2, 0.25) is 5.91 Å². The van der Waals surface area contributed by atoms with Crippen LogP contribution in [0.25, 0.3) is 10.8 Å². The lowest BCUT2D eigenvalue weighted by molar-refractivity contribution is -0.119. The molecule has 1 heterocycles. The fourth-order valence-corrected chi connectivity index (χ4v) is 4.21. The van der Waals surface area contributed by atoms with Crippen LogP contribution in [-0.4, -0.2) is 45.9 Å². The Labute approximate surface area is 198 Å². The predicted molar refractivity (Wildman–Crippen MR) is 132 cm³/mol. The predicted octanol–water partition coefficient (Wildman–Crippen LogP) is 4.32. The topological polar surface area (TPSA) is 98.7 Å². The van der Waals surface area contributed by atoms with Gasteiger partial charge in [0.1, 0.15) is 11.8 Å². The Balaban J connectivity index is 1.47. The van der Waals surface area contributed by atoms with Gasteiger partial charge in [-0.3, -0.25) is 14.4 Å². The minimum atomic E-state index is -0.637. The van der Waals surface area contributed by atoms with Gasteiger partial charge >= 0.3 is 0 Å². The number of fused-ring (bicyclic) bond motifs is 1.